The van der Waals surface area contributed by atoms with E-state index < -0.39 is 15.6 Å². The number of nitrogens with two attached hydrogens (primary N) is 1. The van der Waals surface area contributed by atoms with Gasteiger partial charge in [-0.1, -0.05) is 23.8 Å². The van der Waals surface area contributed by atoms with Crippen molar-refractivity contribution in [1.82, 2.24) is 14.8 Å². The summed E-state index contributed by atoms with van der Waals surface area (Å²) in [6, 6.07) is 5.90. The molecule has 0 spiro atoms. The van der Waals surface area contributed by atoms with E-state index in [1.807, 2.05) is 52.8 Å². The minimum absolute atomic E-state index is 0.218. The van der Waals surface area contributed by atoms with E-state index in [0.29, 0.717) is 5.82 Å². The van der Waals surface area contributed by atoms with Crippen LogP contribution in [0.4, 0.5) is 0 Å². The molecule has 0 radical (unpaired) electrons. The quantitative estimate of drug-likeness (QED) is 0.918. The van der Waals surface area contributed by atoms with Gasteiger partial charge in [-0.15, -0.1) is 10.2 Å². The first kappa shape index (κ1) is 15.7. The molecule has 1 aromatic heterocycles. The van der Waals surface area contributed by atoms with Gasteiger partial charge in [-0.3, -0.25) is 4.57 Å². The topological polar surface area (TPSA) is 90.9 Å². The predicted molar refractivity (Wildman–Crippen MR) is 81.3 cm³/mol. The number of aryl methyl sites for hydroxylation is 2. The second-order valence-electron chi connectivity index (χ2n) is 6.18. The summed E-state index contributed by atoms with van der Waals surface area (Å²) < 4.78 is 25.0. The number of primary sulfonamides is 1. The van der Waals surface area contributed by atoms with Gasteiger partial charge in [0.15, 0.2) is 5.82 Å². The Labute approximate surface area is 125 Å². The van der Waals surface area contributed by atoms with Crippen LogP contribution < -0.4 is 5.14 Å². The van der Waals surface area contributed by atoms with Crippen molar-refractivity contribution in [2.75, 3.05) is 0 Å². The molecule has 0 amide bonds. The van der Waals surface area contributed by atoms with Crippen molar-refractivity contribution in [2.24, 2.45) is 5.14 Å². The molecule has 2 rings (SSSR count). The Morgan fingerprint density at radius 1 is 1.14 bits per heavy atom. The highest BCUT2D eigenvalue weighted by atomic mass is 32.2. The molecule has 2 N–H and O–H groups in total. The fourth-order valence-electron chi connectivity index (χ4n) is 2.30. The van der Waals surface area contributed by atoms with Crippen LogP contribution in [0, 0.1) is 13.8 Å². The van der Waals surface area contributed by atoms with Crippen LogP contribution in [-0.2, 0) is 15.6 Å². The molecule has 6 nitrogen and oxygen atoms in total. The lowest BCUT2D eigenvalue weighted by atomic mass is 10.0. The Morgan fingerprint density at radius 2 is 1.76 bits per heavy atom. The lowest BCUT2D eigenvalue weighted by molar-refractivity contribution is 0.366. The maximum absolute atomic E-state index is 11.7. The van der Waals surface area contributed by atoms with Crippen LogP contribution in [0.3, 0.4) is 0 Å². The monoisotopic (exact) mass is 308 g/mol. The Hall–Kier alpha value is -1.73. The molecule has 2 aromatic rings. The van der Waals surface area contributed by atoms with Crippen LogP contribution in [0.25, 0.3) is 11.4 Å². The zero-order valence-corrected chi connectivity index (χ0v) is 13.7. The van der Waals surface area contributed by atoms with Crippen LogP contribution in [0.15, 0.2) is 23.4 Å². The fraction of sp³-hybridized carbons (Fsp3) is 0.429. The van der Waals surface area contributed by atoms with Crippen LogP contribution in [0.1, 0.15) is 31.9 Å². The van der Waals surface area contributed by atoms with Crippen molar-refractivity contribution in [2.45, 2.75) is 45.3 Å². The number of nitrogens with zero attached hydrogens (tertiary/aromatic N) is 3. The maximum atomic E-state index is 11.7. The van der Waals surface area contributed by atoms with Gasteiger partial charge in [-0.05, 0) is 40.2 Å². The third-order valence-corrected chi connectivity index (χ3v) is 3.95. The van der Waals surface area contributed by atoms with E-state index in [0.717, 1.165) is 16.7 Å². The highest BCUT2D eigenvalue weighted by molar-refractivity contribution is 7.89. The second kappa shape index (κ2) is 4.92. The Balaban J connectivity index is 2.80. The van der Waals surface area contributed by atoms with Gasteiger partial charge < -0.3 is 0 Å². The molecule has 1 heterocycles. The zero-order chi connectivity index (χ0) is 16.0. The molecule has 7 heteroatoms. The number of sulfonamides is 1. The normalized spacial score (nSPS) is 12.7. The summed E-state index contributed by atoms with van der Waals surface area (Å²) in [5.41, 5.74) is 2.47. The fourth-order valence-corrected chi connectivity index (χ4v) is 3.07. The van der Waals surface area contributed by atoms with Gasteiger partial charge in [-0.25, -0.2) is 13.6 Å². The van der Waals surface area contributed by atoms with Gasteiger partial charge in [0.25, 0.3) is 15.2 Å². The molecular formula is C14H20N4O2S. The van der Waals surface area contributed by atoms with Gasteiger partial charge in [0, 0.05) is 11.1 Å². The lowest BCUT2D eigenvalue weighted by Crippen LogP contribution is -2.29. The third-order valence-electron chi connectivity index (χ3n) is 3.18. The standard InChI is InChI=1S/C14H20N4O2S/c1-9-6-7-11(10(2)8-9)12-16-17-13(21(15,19)20)18(12)14(3,4)5/h6-8H,1-5H3,(H2,15,19,20). The summed E-state index contributed by atoms with van der Waals surface area (Å²) in [6.45, 7) is 9.62. The third kappa shape index (κ3) is 2.98. The minimum Gasteiger partial charge on any atom is -0.291 e. The van der Waals surface area contributed by atoms with Crippen molar-refractivity contribution in [1.29, 1.82) is 0 Å². The van der Waals surface area contributed by atoms with Crippen LogP contribution in [-0.4, -0.2) is 23.2 Å². The molecule has 0 fully saturated rings. The van der Waals surface area contributed by atoms with Gasteiger partial charge in [-0.2, -0.15) is 0 Å². The first-order valence-corrected chi connectivity index (χ1v) is 8.13. The van der Waals surface area contributed by atoms with E-state index in [1.54, 1.807) is 4.57 Å². The maximum Gasteiger partial charge on any atom is 0.273 e. The van der Waals surface area contributed by atoms with Crippen LogP contribution in [0.2, 0.25) is 0 Å². The summed E-state index contributed by atoms with van der Waals surface area (Å²) >= 11 is 0. The van der Waals surface area contributed by atoms with Crippen molar-refractivity contribution < 1.29 is 8.42 Å². The van der Waals surface area contributed by atoms with E-state index in [9.17, 15) is 8.42 Å². The molecule has 0 unspecified atom stereocenters. The molecular weight excluding hydrogens is 288 g/mol. The largest absolute Gasteiger partial charge is 0.291 e. The van der Waals surface area contributed by atoms with Gasteiger partial charge >= 0.3 is 0 Å². The molecule has 0 aliphatic rings. The molecule has 1 aromatic carbocycles. The zero-order valence-electron chi connectivity index (χ0n) is 12.9. The van der Waals surface area contributed by atoms with Crippen molar-refractivity contribution in [3.8, 4) is 11.4 Å². The van der Waals surface area contributed by atoms with Gasteiger partial charge in [0.1, 0.15) is 0 Å². The number of hydrogen-bond acceptors (Lipinski definition) is 4. The number of hydrogen-bond donors (Lipinski definition) is 1. The van der Waals surface area contributed by atoms with Gasteiger partial charge in [0.2, 0.25) is 0 Å². The van der Waals surface area contributed by atoms with Crippen LogP contribution >= 0.6 is 0 Å². The van der Waals surface area contributed by atoms with E-state index >= 15 is 0 Å². The molecule has 21 heavy (non-hydrogen) atoms. The Bertz CT molecular complexity index is 786. The number of rotatable bonds is 2. The highest BCUT2D eigenvalue weighted by Crippen LogP contribution is 2.29. The Morgan fingerprint density at radius 3 is 2.24 bits per heavy atom. The van der Waals surface area contributed by atoms with Crippen molar-refractivity contribution >= 4 is 10.0 Å². The number of aromatic nitrogens is 3. The summed E-state index contributed by atoms with van der Waals surface area (Å²) in [4.78, 5) is 0. The summed E-state index contributed by atoms with van der Waals surface area (Å²) in [5, 5.41) is 12.9. The van der Waals surface area contributed by atoms with E-state index in [1.165, 1.54) is 0 Å². The first-order valence-electron chi connectivity index (χ1n) is 6.58. The average Bonchev–Trinajstić information content (AvgIpc) is 2.72. The summed E-state index contributed by atoms with van der Waals surface area (Å²) in [7, 11) is -3.94. The molecule has 114 valence electrons. The molecule has 0 bridgehead atoms. The molecule has 0 aliphatic carbocycles. The molecule has 0 atom stereocenters. The van der Waals surface area contributed by atoms with Crippen LogP contribution in [0.5, 0.6) is 0 Å². The van der Waals surface area contributed by atoms with Crippen molar-refractivity contribution in [3.63, 3.8) is 0 Å². The SMILES string of the molecule is Cc1ccc(-c2nnc(S(N)(=O)=O)n2C(C)(C)C)c(C)c1. The molecule has 0 saturated carbocycles. The second-order valence-corrected chi connectivity index (χ2v) is 7.63. The molecule has 0 aliphatic heterocycles. The van der Waals surface area contributed by atoms with Gasteiger partial charge in [0.05, 0.1) is 0 Å². The Kier molecular flexibility index (Phi) is 3.67. The smallest absolute Gasteiger partial charge is 0.273 e. The average molecular weight is 308 g/mol. The molecule has 0 saturated heterocycles. The van der Waals surface area contributed by atoms with E-state index in [-0.39, 0.29) is 5.16 Å². The number of benzene rings is 1. The van der Waals surface area contributed by atoms with E-state index in [4.69, 9.17) is 5.14 Å². The predicted octanol–water partition coefficient (Wildman–Crippen LogP) is 1.96. The first-order chi connectivity index (χ1) is 9.51. The summed E-state index contributed by atoms with van der Waals surface area (Å²) in [6.07, 6.45) is 0. The minimum atomic E-state index is -3.94. The lowest BCUT2D eigenvalue weighted by Gasteiger charge is -2.24. The van der Waals surface area contributed by atoms with Crippen molar-refractivity contribution in [3.05, 3.63) is 29.3 Å². The highest BCUT2D eigenvalue weighted by Gasteiger charge is 2.29. The van der Waals surface area contributed by atoms with E-state index in [2.05, 4.69) is 10.2 Å². The summed E-state index contributed by atoms with van der Waals surface area (Å²) in [5.74, 6) is 0.504.